The summed E-state index contributed by atoms with van der Waals surface area (Å²) in [4.78, 5) is 17.1. The first-order valence-electron chi connectivity index (χ1n) is 31.8. The Morgan fingerprint density at radius 1 is 0.315 bits per heavy atom. The largest absolute Gasteiger partial charge is 0.309 e. The van der Waals surface area contributed by atoms with E-state index in [4.69, 9.17) is 18.7 Å². The molecule has 0 spiro atoms. The molecule has 11 aromatic carbocycles. The average molecular weight is 1170 g/mol. The molecule has 9 heteroatoms. The second-order valence-electron chi connectivity index (χ2n) is 24.3. The van der Waals surface area contributed by atoms with Gasteiger partial charge in [0.2, 0.25) is 0 Å². The lowest BCUT2D eigenvalue weighted by Crippen LogP contribution is -2.16. The van der Waals surface area contributed by atoms with Crippen LogP contribution in [0.15, 0.2) is 255 Å². The minimum Gasteiger partial charge on any atom is -0.309 e. The SMILES string of the molecule is c1ccc(N(c2ccc3c(c2)c2ccccc2n3-c2ccccc2)c2c3nsnc3c(N(c3ccccc3)c3ccc4c(c3)c3ccccc3n4-c3ccccc3)c3nc(-c4ccc(C5CCCCC5)cc4)c(-c4ccc(C5CCCCC5)cc4)nc23)cc1. The molecule has 4 aromatic heterocycles. The van der Waals surface area contributed by atoms with Gasteiger partial charge in [-0.25, -0.2) is 9.97 Å². The number of aromatic nitrogens is 6. The molecule has 0 radical (unpaired) electrons. The molecule has 2 aliphatic carbocycles. The standard InChI is InChI=1S/C80H64N8S/c1-7-23-53(24-8-1)55-39-43-57(44-40-55)73-74(58-45-41-56(42-46-58)54-25-9-2-10-26-54)82-76-75(81-73)79(85(59-27-11-3-12-28-59)63-47-49-71-67(51-63)65-35-19-21-37-69(65)87(71)61-31-15-5-16-32-61)77-78(84-89-83-77)80(76)86(60-29-13-4-14-30-60)64-48-50-72-68(52-64)66-36-20-22-38-70(66)88(72)62-33-17-6-18-34-62/h3-6,11-22,27-54H,1-2,7-10,23-26H2. The number of fused-ring (bicyclic) bond motifs is 8. The van der Waals surface area contributed by atoms with Crippen molar-refractivity contribution >= 4 is 112 Å². The summed E-state index contributed by atoms with van der Waals surface area (Å²) >= 11 is 1.23. The Kier molecular flexibility index (Phi) is 13.4. The van der Waals surface area contributed by atoms with Crippen LogP contribution in [-0.2, 0) is 0 Å². The Morgan fingerprint density at radius 3 is 1.08 bits per heavy atom. The Hall–Kier alpha value is -10.2. The van der Waals surface area contributed by atoms with Gasteiger partial charge in [0.15, 0.2) is 0 Å². The van der Waals surface area contributed by atoms with Crippen molar-refractivity contribution in [3.8, 4) is 33.9 Å². The summed E-state index contributed by atoms with van der Waals surface area (Å²) in [7, 11) is 0. The molecule has 17 rings (SSSR count). The van der Waals surface area contributed by atoms with Crippen molar-refractivity contribution < 1.29 is 0 Å². The maximum absolute atomic E-state index is 6.19. The Balaban J connectivity index is 0.975. The molecule has 2 fully saturated rings. The minimum atomic E-state index is 0.559. The van der Waals surface area contributed by atoms with Crippen LogP contribution < -0.4 is 9.80 Å². The van der Waals surface area contributed by atoms with Crippen LogP contribution in [0.2, 0.25) is 0 Å². The van der Waals surface area contributed by atoms with Gasteiger partial charge >= 0.3 is 0 Å². The van der Waals surface area contributed by atoms with Crippen LogP contribution in [0.4, 0.5) is 34.1 Å². The molecule has 0 atom stereocenters. The molecule has 15 aromatic rings. The van der Waals surface area contributed by atoms with Crippen LogP contribution >= 0.6 is 11.7 Å². The molecule has 430 valence electrons. The molecule has 8 nitrogen and oxygen atoms in total. The number of benzene rings is 11. The van der Waals surface area contributed by atoms with Gasteiger partial charge in [0, 0.05) is 66.8 Å². The van der Waals surface area contributed by atoms with Gasteiger partial charge < -0.3 is 18.9 Å². The van der Waals surface area contributed by atoms with Gasteiger partial charge in [-0.1, -0.05) is 196 Å². The maximum Gasteiger partial charge on any atom is 0.133 e. The van der Waals surface area contributed by atoms with Gasteiger partial charge in [-0.05, 0) is 146 Å². The number of anilines is 6. The van der Waals surface area contributed by atoms with E-state index in [0.717, 1.165) is 112 Å². The average Bonchev–Trinajstić information content (AvgIpc) is 1.75. The van der Waals surface area contributed by atoms with E-state index in [1.807, 2.05) is 0 Å². The van der Waals surface area contributed by atoms with Crippen molar-refractivity contribution in [3.63, 3.8) is 0 Å². The first-order chi connectivity index (χ1) is 44.2. The topological polar surface area (TPSA) is 67.9 Å². The Bertz CT molecular complexity index is 4760. The molecule has 2 aliphatic rings. The highest BCUT2D eigenvalue weighted by Crippen LogP contribution is 2.52. The van der Waals surface area contributed by atoms with E-state index < -0.39 is 0 Å². The first kappa shape index (κ1) is 53.1. The molecule has 2 saturated carbocycles. The molecule has 0 unspecified atom stereocenters. The summed E-state index contributed by atoms with van der Waals surface area (Å²) in [6, 6.07) is 92.8. The Morgan fingerprint density at radius 2 is 0.674 bits per heavy atom. The highest BCUT2D eigenvalue weighted by molar-refractivity contribution is 7.00. The van der Waals surface area contributed by atoms with Crippen molar-refractivity contribution in [2.75, 3.05) is 9.80 Å². The van der Waals surface area contributed by atoms with Gasteiger partial charge in [-0.15, -0.1) is 0 Å². The van der Waals surface area contributed by atoms with Gasteiger partial charge in [-0.3, -0.25) is 0 Å². The normalized spacial score (nSPS) is 14.2. The van der Waals surface area contributed by atoms with Crippen LogP contribution in [0.3, 0.4) is 0 Å². The summed E-state index contributed by atoms with van der Waals surface area (Å²) in [5, 5.41) is 4.61. The predicted octanol–water partition coefficient (Wildman–Crippen LogP) is 22.2. The lowest BCUT2D eigenvalue weighted by molar-refractivity contribution is 0.443. The highest BCUT2D eigenvalue weighted by Gasteiger charge is 2.33. The third-order valence-corrected chi connectivity index (χ3v) is 19.7. The molecule has 0 N–H and O–H groups in total. The van der Waals surface area contributed by atoms with Gasteiger partial charge in [0.25, 0.3) is 0 Å². The van der Waals surface area contributed by atoms with Crippen LogP contribution in [0.5, 0.6) is 0 Å². The molecule has 89 heavy (non-hydrogen) atoms. The number of hydrogen-bond acceptors (Lipinski definition) is 7. The monoisotopic (exact) mass is 1170 g/mol. The lowest BCUT2D eigenvalue weighted by Gasteiger charge is -2.30. The Labute approximate surface area is 522 Å². The predicted molar refractivity (Wildman–Crippen MR) is 371 cm³/mol. The maximum atomic E-state index is 6.19. The van der Waals surface area contributed by atoms with Crippen LogP contribution in [0.25, 0.3) is 99.6 Å². The van der Waals surface area contributed by atoms with Crippen molar-refractivity contribution in [2.24, 2.45) is 0 Å². The fourth-order valence-corrected chi connectivity index (χ4v) is 15.4. The van der Waals surface area contributed by atoms with Crippen LogP contribution in [-0.4, -0.2) is 27.8 Å². The molecular formula is C80H64N8S. The first-order valence-corrected chi connectivity index (χ1v) is 32.5. The summed E-state index contributed by atoms with van der Waals surface area (Å²) in [5.74, 6) is 1.12. The smallest absolute Gasteiger partial charge is 0.133 e. The zero-order chi connectivity index (χ0) is 58.8. The number of hydrogen-bond donors (Lipinski definition) is 0. The summed E-state index contributed by atoms with van der Waals surface area (Å²) in [6.07, 6.45) is 12.7. The molecular weight excluding hydrogens is 1110 g/mol. The van der Waals surface area contributed by atoms with Gasteiger partial charge in [-0.2, -0.15) is 8.75 Å². The van der Waals surface area contributed by atoms with Crippen molar-refractivity contribution in [1.82, 2.24) is 27.8 Å². The van der Waals surface area contributed by atoms with E-state index in [1.54, 1.807) is 0 Å². The van der Waals surface area contributed by atoms with Gasteiger partial charge in [0.1, 0.15) is 33.4 Å². The van der Waals surface area contributed by atoms with E-state index in [9.17, 15) is 0 Å². The molecule has 0 amide bonds. The number of nitrogens with zero attached hydrogens (tertiary/aromatic N) is 8. The van der Waals surface area contributed by atoms with E-state index >= 15 is 0 Å². The van der Waals surface area contributed by atoms with E-state index in [1.165, 1.54) is 97.8 Å². The summed E-state index contributed by atoms with van der Waals surface area (Å²) < 4.78 is 15.6. The van der Waals surface area contributed by atoms with E-state index in [2.05, 4.69) is 274 Å². The van der Waals surface area contributed by atoms with Gasteiger partial charge in [0.05, 0.1) is 45.2 Å². The van der Waals surface area contributed by atoms with Crippen molar-refractivity contribution in [1.29, 1.82) is 0 Å². The third kappa shape index (κ3) is 9.25. The van der Waals surface area contributed by atoms with Crippen molar-refractivity contribution in [2.45, 2.75) is 76.0 Å². The number of para-hydroxylation sites is 6. The molecule has 0 bridgehead atoms. The second kappa shape index (κ2) is 22.5. The fourth-order valence-electron chi connectivity index (χ4n) is 14.9. The second-order valence-corrected chi connectivity index (χ2v) is 24.8. The van der Waals surface area contributed by atoms with Crippen LogP contribution in [0.1, 0.15) is 87.2 Å². The molecule has 0 aliphatic heterocycles. The minimum absolute atomic E-state index is 0.559. The summed E-state index contributed by atoms with van der Waals surface area (Å²) in [6.45, 7) is 0. The third-order valence-electron chi connectivity index (χ3n) is 19.1. The molecule has 0 saturated heterocycles. The molecule has 4 heterocycles. The van der Waals surface area contributed by atoms with E-state index in [0.29, 0.717) is 22.9 Å². The van der Waals surface area contributed by atoms with E-state index in [-0.39, 0.29) is 0 Å². The summed E-state index contributed by atoms with van der Waals surface area (Å²) in [5.41, 5.74) is 21.6. The van der Waals surface area contributed by atoms with Crippen molar-refractivity contribution in [3.05, 3.63) is 266 Å². The lowest BCUT2D eigenvalue weighted by atomic mass is 9.83. The number of rotatable bonds is 12. The fraction of sp³-hybridized carbons (Fsp3) is 0.150. The quantitative estimate of drug-likeness (QED) is 0.114. The highest BCUT2D eigenvalue weighted by atomic mass is 32.1. The zero-order valence-corrected chi connectivity index (χ0v) is 50.3. The zero-order valence-electron chi connectivity index (χ0n) is 49.5. The van der Waals surface area contributed by atoms with Crippen LogP contribution in [0, 0.1) is 0 Å².